The molecule has 1 unspecified atom stereocenters. The number of hydrogen-bond acceptors (Lipinski definition) is 2. The molecule has 0 saturated heterocycles. The minimum absolute atomic E-state index is 0.0335. The van der Waals surface area contributed by atoms with E-state index in [0.717, 1.165) is 11.8 Å². The lowest BCUT2D eigenvalue weighted by Gasteiger charge is -2.17. The largest absolute Gasteiger partial charge is 0.310 e. The number of rotatable bonds is 7. The molecular weight excluding hydrogens is 299 g/mol. The Labute approximate surface area is 117 Å². The topological polar surface area (TPSA) is 17.1 Å². The Morgan fingerprint density at radius 2 is 1.75 bits per heavy atom. The fraction of sp³-hybridized carbons (Fsp3) is 0.462. The summed E-state index contributed by atoms with van der Waals surface area (Å²) < 4.78 is 62.1. The first-order valence-corrected chi connectivity index (χ1v) is 6.83. The van der Waals surface area contributed by atoms with Crippen LogP contribution in [0.4, 0.5) is 22.0 Å². The fourth-order valence-electron chi connectivity index (χ4n) is 1.42. The lowest BCUT2D eigenvalue weighted by atomic mass is 10.1. The van der Waals surface area contributed by atoms with Crippen LogP contribution in [0.2, 0.25) is 0 Å². The summed E-state index contributed by atoms with van der Waals surface area (Å²) in [5.74, 6) is -4.36. The molecule has 0 saturated carbocycles. The Hall–Kier alpha value is -1.11. The van der Waals surface area contributed by atoms with Gasteiger partial charge in [0, 0.05) is 17.7 Å². The van der Waals surface area contributed by atoms with Crippen molar-refractivity contribution in [3.63, 3.8) is 0 Å². The van der Waals surface area contributed by atoms with E-state index in [9.17, 15) is 26.7 Å². The highest BCUT2D eigenvalue weighted by Gasteiger charge is 2.42. The van der Waals surface area contributed by atoms with Crippen LogP contribution in [-0.4, -0.2) is 29.4 Å². The number of carbonyl (C=O) groups is 1. The first-order valence-electron chi connectivity index (χ1n) is 5.85. The smallest absolute Gasteiger partial charge is 0.282 e. The number of alkyl halides is 5. The zero-order valence-corrected chi connectivity index (χ0v) is 11.2. The molecule has 0 aliphatic carbocycles. The Kier molecular flexibility index (Phi) is 6.45. The van der Waals surface area contributed by atoms with E-state index in [1.54, 1.807) is 30.3 Å². The van der Waals surface area contributed by atoms with Crippen molar-refractivity contribution >= 4 is 16.9 Å². The van der Waals surface area contributed by atoms with Crippen LogP contribution < -0.4 is 0 Å². The minimum atomic E-state index is -4.33. The van der Waals surface area contributed by atoms with Crippen LogP contribution in [0.3, 0.4) is 0 Å². The summed E-state index contributed by atoms with van der Waals surface area (Å²) in [4.78, 5) is 11.6. The standard InChI is InChI=1S/C13H13F5OS/c14-10(8-13(17,18)12(15)16)6-7-20-11(19)9-4-2-1-3-5-9/h1-5,10,12H,6-8H2. The number of thioether (sulfide) groups is 1. The van der Waals surface area contributed by atoms with Gasteiger partial charge in [0.25, 0.3) is 0 Å². The quantitative estimate of drug-likeness (QED) is 0.686. The second kappa shape index (κ2) is 7.61. The van der Waals surface area contributed by atoms with Crippen molar-refractivity contribution < 1.29 is 26.7 Å². The molecule has 0 N–H and O–H groups in total. The van der Waals surface area contributed by atoms with Crippen LogP contribution in [-0.2, 0) is 0 Å². The van der Waals surface area contributed by atoms with Crippen LogP contribution in [0, 0.1) is 0 Å². The van der Waals surface area contributed by atoms with Crippen LogP contribution in [0.15, 0.2) is 30.3 Å². The van der Waals surface area contributed by atoms with E-state index >= 15 is 0 Å². The highest BCUT2D eigenvalue weighted by molar-refractivity contribution is 8.14. The van der Waals surface area contributed by atoms with Gasteiger partial charge in [0.05, 0.1) is 0 Å². The normalized spacial score (nSPS) is 13.5. The van der Waals surface area contributed by atoms with Crippen LogP contribution in [0.5, 0.6) is 0 Å². The third-order valence-electron chi connectivity index (χ3n) is 2.49. The summed E-state index contributed by atoms with van der Waals surface area (Å²) in [5.41, 5.74) is 0.422. The van der Waals surface area contributed by atoms with Gasteiger partial charge in [0.2, 0.25) is 5.12 Å². The van der Waals surface area contributed by atoms with E-state index in [0.29, 0.717) is 5.56 Å². The van der Waals surface area contributed by atoms with E-state index in [4.69, 9.17) is 0 Å². The maximum atomic E-state index is 13.2. The summed E-state index contributed by atoms with van der Waals surface area (Å²) in [6.45, 7) is 0. The van der Waals surface area contributed by atoms with Gasteiger partial charge in [0.15, 0.2) is 0 Å². The van der Waals surface area contributed by atoms with Gasteiger partial charge < -0.3 is 0 Å². The number of halogens is 5. The molecule has 0 bridgehead atoms. The lowest BCUT2D eigenvalue weighted by molar-refractivity contribution is -0.142. The molecule has 1 rings (SSSR count). The second-order valence-corrected chi connectivity index (χ2v) is 5.22. The maximum absolute atomic E-state index is 13.2. The third-order valence-corrected chi connectivity index (χ3v) is 3.42. The molecule has 0 aliphatic heterocycles. The number of hydrogen-bond donors (Lipinski definition) is 0. The summed E-state index contributed by atoms with van der Waals surface area (Å²) in [7, 11) is 0. The van der Waals surface area contributed by atoms with Crippen molar-refractivity contribution in [3.05, 3.63) is 35.9 Å². The van der Waals surface area contributed by atoms with Crippen molar-refractivity contribution in [1.29, 1.82) is 0 Å². The zero-order valence-electron chi connectivity index (χ0n) is 10.4. The van der Waals surface area contributed by atoms with Gasteiger partial charge >= 0.3 is 12.3 Å². The van der Waals surface area contributed by atoms with E-state index in [-0.39, 0.29) is 17.3 Å². The van der Waals surface area contributed by atoms with Gasteiger partial charge in [-0.15, -0.1) is 0 Å². The van der Waals surface area contributed by atoms with Crippen LogP contribution in [0.25, 0.3) is 0 Å². The number of carbonyl (C=O) groups excluding carboxylic acids is 1. The molecule has 0 aromatic heterocycles. The Bertz CT molecular complexity index is 424. The summed E-state index contributed by atoms with van der Waals surface area (Å²) in [6, 6.07) is 8.20. The molecule has 0 heterocycles. The van der Waals surface area contributed by atoms with E-state index in [1.807, 2.05) is 0 Å². The summed E-state index contributed by atoms with van der Waals surface area (Å²) in [5, 5.41) is -0.307. The number of benzene rings is 1. The highest BCUT2D eigenvalue weighted by Crippen LogP contribution is 2.30. The SMILES string of the molecule is O=C(SCCC(F)CC(F)(F)C(F)F)c1ccccc1. The molecule has 1 nitrogen and oxygen atoms in total. The van der Waals surface area contributed by atoms with Crippen LogP contribution >= 0.6 is 11.8 Å². The van der Waals surface area contributed by atoms with Gasteiger partial charge in [-0.3, -0.25) is 4.79 Å². The van der Waals surface area contributed by atoms with Crippen molar-refractivity contribution in [3.8, 4) is 0 Å². The fourth-order valence-corrected chi connectivity index (χ4v) is 2.29. The molecule has 20 heavy (non-hydrogen) atoms. The van der Waals surface area contributed by atoms with Gasteiger partial charge in [-0.05, 0) is 6.42 Å². The molecule has 112 valence electrons. The van der Waals surface area contributed by atoms with Crippen LogP contribution in [0.1, 0.15) is 23.2 Å². The molecule has 0 amide bonds. The van der Waals surface area contributed by atoms with Gasteiger partial charge in [0.1, 0.15) is 6.17 Å². The molecule has 0 spiro atoms. The van der Waals surface area contributed by atoms with E-state index in [2.05, 4.69) is 0 Å². The second-order valence-electron chi connectivity index (χ2n) is 4.15. The molecule has 1 aromatic rings. The first-order chi connectivity index (χ1) is 9.33. The predicted molar refractivity (Wildman–Crippen MR) is 68.3 cm³/mol. The summed E-state index contributed by atoms with van der Waals surface area (Å²) in [6.07, 6.45) is -7.83. The molecule has 1 aromatic carbocycles. The lowest BCUT2D eigenvalue weighted by Crippen LogP contribution is -2.30. The van der Waals surface area contributed by atoms with Crippen molar-refractivity contribution in [2.45, 2.75) is 31.4 Å². The van der Waals surface area contributed by atoms with E-state index < -0.39 is 24.9 Å². The van der Waals surface area contributed by atoms with Crippen molar-refractivity contribution in [2.24, 2.45) is 0 Å². The Morgan fingerprint density at radius 3 is 2.30 bits per heavy atom. The first kappa shape index (κ1) is 16.9. The third kappa shape index (κ3) is 5.48. The highest BCUT2D eigenvalue weighted by atomic mass is 32.2. The molecule has 7 heteroatoms. The minimum Gasteiger partial charge on any atom is -0.282 e. The summed E-state index contributed by atoms with van der Waals surface area (Å²) >= 11 is 0.781. The molecule has 0 fully saturated rings. The van der Waals surface area contributed by atoms with Gasteiger partial charge in [-0.2, -0.15) is 0 Å². The van der Waals surface area contributed by atoms with Gasteiger partial charge in [-0.1, -0.05) is 42.1 Å². The average Bonchev–Trinajstić information content (AvgIpc) is 2.38. The molecular formula is C13H13F5OS. The van der Waals surface area contributed by atoms with Gasteiger partial charge in [-0.25, -0.2) is 22.0 Å². The molecule has 0 aliphatic rings. The Balaban J connectivity index is 2.32. The molecule has 0 radical (unpaired) electrons. The zero-order chi connectivity index (χ0) is 15.2. The average molecular weight is 312 g/mol. The molecule has 1 atom stereocenters. The monoisotopic (exact) mass is 312 g/mol. The predicted octanol–water partition coefficient (Wildman–Crippen LogP) is 4.58. The van der Waals surface area contributed by atoms with Crippen molar-refractivity contribution in [2.75, 3.05) is 5.75 Å². The Morgan fingerprint density at radius 1 is 1.15 bits per heavy atom. The van der Waals surface area contributed by atoms with Crippen molar-refractivity contribution in [1.82, 2.24) is 0 Å². The maximum Gasteiger partial charge on any atom is 0.310 e. The van der Waals surface area contributed by atoms with E-state index in [1.165, 1.54) is 0 Å².